The van der Waals surface area contributed by atoms with Crippen LogP contribution in [-0.4, -0.2) is 19.8 Å². The summed E-state index contributed by atoms with van der Waals surface area (Å²) in [5, 5.41) is 2.66. The third kappa shape index (κ3) is 5.67. The Balaban J connectivity index is 0.000000202. The van der Waals surface area contributed by atoms with E-state index in [-0.39, 0.29) is 12.7 Å². The minimum atomic E-state index is -0.0983. The van der Waals surface area contributed by atoms with Crippen molar-refractivity contribution in [3.8, 4) is 23.0 Å². The number of fused-ring (bicyclic) bond motifs is 1. The first-order chi connectivity index (χ1) is 13.4. The van der Waals surface area contributed by atoms with E-state index in [4.69, 9.17) is 17.3 Å². The lowest BCUT2D eigenvalue weighted by Crippen LogP contribution is -2.05. The Labute approximate surface area is 180 Å². The Kier molecular flexibility index (Phi) is 8.22. The highest BCUT2D eigenvalue weighted by atomic mass is 127. The summed E-state index contributed by atoms with van der Waals surface area (Å²) in [7, 11) is 1.67. The van der Waals surface area contributed by atoms with Gasteiger partial charge < -0.3 is 22.6 Å². The highest BCUT2D eigenvalue weighted by Crippen LogP contribution is 2.39. The molecule has 2 aromatic rings. The van der Waals surface area contributed by atoms with Crippen LogP contribution in [0.5, 0.6) is 23.0 Å². The second kappa shape index (κ2) is 10.4. The first-order valence-corrected chi connectivity index (χ1v) is 9.92. The second-order valence-electron chi connectivity index (χ2n) is 6.52. The van der Waals surface area contributed by atoms with Crippen molar-refractivity contribution in [3.63, 3.8) is 0 Å². The maximum absolute atomic E-state index is 10.7. The molecular formula is C21H26INO5. The monoisotopic (exact) mass is 499 g/mol. The first kappa shape index (κ1) is 22.1. The smallest absolute Gasteiger partial charge is 0.231 e. The zero-order valence-electron chi connectivity index (χ0n) is 16.8. The van der Waals surface area contributed by atoms with E-state index >= 15 is 0 Å². The predicted octanol–water partition coefficient (Wildman–Crippen LogP) is 5.62. The molecule has 0 aliphatic carbocycles. The van der Waals surface area contributed by atoms with E-state index in [0.717, 1.165) is 23.6 Å². The van der Waals surface area contributed by atoms with E-state index in [9.17, 15) is 4.79 Å². The molecule has 1 heterocycles. The maximum atomic E-state index is 10.7. The number of carbonyl (C=O) groups is 1. The summed E-state index contributed by atoms with van der Waals surface area (Å²) >= 11 is 1.91. The van der Waals surface area contributed by atoms with Crippen LogP contribution in [0.25, 0.3) is 0 Å². The quantitative estimate of drug-likeness (QED) is 0.542. The molecule has 1 atom stereocenters. The molecule has 1 amide bonds. The van der Waals surface area contributed by atoms with Crippen molar-refractivity contribution < 1.29 is 22.1 Å². The van der Waals surface area contributed by atoms with Crippen LogP contribution in [0.4, 0.5) is 5.69 Å². The van der Waals surface area contributed by atoms with Gasteiger partial charge in [-0.15, -0.1) is 0 Å². The standard InChI is InChI=1S/C12H17IO2.C9H9NO3/c1-5-9(3)10-6-8(2)7-11(14-4)12(10)15-13;1-6(11)10-7-2-3-8-9(4-7)13-5-12-8/h6-7,9H,5H2,1-4H3;2-4H,5H2,1H3,(H,10,11). The largest absolute Gasteiger partial charge is 0.493 e. The fraction of sp³-hybridized carbons (Fsp3) is 0.381. The molecule has 6 nitrogen and oxygen atoms in total. The van der Waals surface area contributed by atoms with Crippen LogP contribution in [0.1, 0.15) is 44.2 Å². The third-order valence-corrected chi connectivity index (χ3v) is 4.80. The molecule has 2 aromatic carbocycles. The molecular weight excluding hydrogens is 473 g/mol. The number of nitrogens with one attached hydrogen (secondary N) is 1. The van der Waals surface area contributed by atoms with Crippen molar-refractivity contribution in [2.75, 3.05) is 19.2 Å². The van der Waals surface area contributed by atoms with Crippen molar-refractivity contribution in [2.24, 2.45) is 0 Å². The van der Waals surface area contributed by atoms with Gasteiger partial charge in [-0.3, -0.25) is 4.79 Å². The number of ether oxygens (including phenoxy) is 3. The summed E-state index contributed by atoms with van der Waals surface area (Å²) in [5.74, 6) is 3.46. The predicted molar refractivity (Wildman–Crippen MR) is 118 cm³/mol. The van der Waals surface area contributed by atoms with Crippen LogP contribution in [0.15, 0.2) is 30.3 Å². The van der Waals surface area contributed by atoms with Gasteiger partial charge in [0, 0.05) is 24.2 Å². The number of hydrogen-bond acceptors (Lipinski definition) is 5. The summed E-state index contributed by atoms with van der Waals surface area (Å²) in [4.78, 5) is 10.7. The minimum Gasteiger partial charge on any atom is -0.493 e. The molecule has 7 heteroatoms. The van der Waals surface area contributed by atoms with Crippen molar-refractivity contribution in [1.29, 1.82) is 0 Å². The summed E-state index contributed by atoms with van der Waals surface area (Å²) in [6.45, 7) is 8.17. The van der Waals surface area contributed by atoms with Crippen molar-refractivity contribution in [1.82, 2.24) is 0 Å². The fourth-order valence-electron chi connectivity index (χ4n) is 2.76. The molecule has 1 aliphatic heterocycles. The molecule has 0 saturated heterocycles. The van der Waals surface area contributed by atoms with E-state index in [0.29, 0.717) is 17.4 Å². The van der Waals surface area contributed by atoms with Crippen LogP contribution in [0.2, 0.25) is 0 Å². The molecule has 0 aromatic heterocycles. The number of methoxy groups -OCH3 is 1. The van der Waals surface area contributed by atoms with Crippen LogP contribution in [-0.2, 0) is 4.79 Å². The SMILES string of the molecule is CC(=O)Nc1ccc2c(c1)OCO2.CCC(C)c1cc(C)cc(OC)c1OI. The van der Waals surface area contributed by atoms with Gasteiger partial charge in [-0.1, -0.05) is 19.9 Å². The molecule has 28 heavy (non-hydrogen) atoms. The number of halogens is 1. The number of rotatable bonds is 5. The summed E-state index contributed by atoms with van der Waals surface area (Å²) in [5.41, 5.74) is 3.15. The van der Waals surface area contributed by atoms with E-state index in [1.807, 2.05) is 29.1 Å². The van der Waals surface area contributed by atoms with Crippen LogP contribution >= 0.6 is 23.0 Å². The maximum Gasteiger partial charge on any atom is 0.231 e. The number of amides is 1. The average Bonchev–Trinajstić information content (AvgIpc) is 3.14. The molecule has 0 saturated carbocycles. The molecule has 1 N–H and O–H groups in total. The van der Waals surface area contributed by atoms with Crippen molar-refractivity contribution in [2.45, 2.75) is 40.0 Å². The van der Waals surface area contributed by atoms with Gasteiger partial charge in [0.1, 0.15) is 0 Å². The Morgan fingerprint density at radius 3 is 2.57 bits per heavy atom. The highest BCUT2D eigenvalue weighted by Gasteiger charge is 2.16. The van der Waals surface area contributed by atoms with Gasteiger partial charge in [0.25, 0.3) is 0 Å². The van der Waals surface area contributed by atoms with Crippen LogP contribution in [0.3, 0.4) is 0 Å². The van der Waals surface area contributed by atoms with Crippen molar-refractivity contribution in [3.05, 3.63) is 41.5 Å². The van der Waals surface area contributed by atoms with Crippen molar-refractivity contribution >= 4 is 34.6 Å². The third-order valence-electron chi connectivity index (χ3n) is 4.36. The molecule has 0 radical (unpaired) electrons. The zero-order chi connectivity index (χ0) is 20.7. The molecule has 0 bridgehead atoms. The topological polar surface area (TPSA) is 66.0 Å². The van der Waals surface area contributed by atoms with E-state index in [1.165, 1.54) is 18.1 Å². The normalized spacial score (nSPS) is 12.5. The van der Waals surface area contributed by atoms with Gasteiger partial charge in [0.15, 0.2) is 46.0 Å². The number of hydrogen-bond donors (Lipinski definition) is 1. The van der Waals surface area contributed by atoms with E-state index in [2.05, 4.69) is 32.2 Å². The lowest BCUT2D eigenvalue weighted by molar-refractivity contribution is -0.114. The van der Waals surface area contributed by atoms with Gasteiger partial charge in [0.05, 0.1) is 7.11 Å². The Hall–Kier alpha value is -2.16. The molecule has 1 unspecified atom stereocenters. The number of anilines is 1. The Bertz CT molecular complexity index is 825. The summed E-state index contributed by atoms with van der Waals surface area (Å²) in [6.07, 6.45) is 1.10. The molecule has 152 valence electrons. The van der Waals surface area contributed by atoms with Gasteiger partial charge in [-0.2, -0.15) is 0 Å². The fourth-order valence-corrected chi connectivity index (χ4v) is 3.24. The molecule has 1 aliphatic rings. The van der Waals surface area contributed by atoms with Gasteiger partial charge in [0.2, 0.25) is 12.7 Å². The number of carbonyl (C=O) groups excluding carboxylic acids is 1. The number of aryl methyl sites for hydroxylation is 1. The molecule has 3 rings (SSSR count). The summed E-state index contributed by atoms with van der Waals surface area (Å²) < 4.78 is 21.0. The zero-order valence-corrected chi connectivity index (χ0v) is 19.0. The van der Waals surface area contributed by atoms with Crippen LogP contribution in [0, 0.1) is 6.92 Å². The van der Waals surface area contributed by atoms with E-state index < -0.39 is 0 Å². The van der Waals surface area contributed by atoms with Gasteiger partial charge in [-0.05, 0) is 43.0 Å². The Morgan fingerprint density at radius 1 is 1.25 bits per heavy atom. The van der Waals surface area contributed by atoms with Gasteiger partial charge >= 0.3 is 0 Å². The van der Waals surface area contributed by atoms with E-state index in [1.54, 1.807) is 25.3 Å². The lowest BCUT2D eigenvalue weighted by Gasteiger charge is -2.16. The Morgan fingerprint density at radius 2 is 1.96 bits per heavy atom. The molecule has 0 spiro atoms. The lowest BCUT2D eigenvalue weighted by atomic mass is 9.95. The minimum absolute atomic E-state index is 0.0983. The summed E-state index contributed by atoms with van der Waals surface area (Å²) in [6, 6.07) is 9.46. The second-order valence-corrected chi connectivity index (χ2v) is 6.96. The first-order valence-electron chi connectivity index (χ1n) is 9.03. The van der Waals surface area contributed by atoms with Crippen LogP contribution < -0.4 is 22.6 Å². The van der Waals surface area contributed by atoms with Gasteiger partial charge in [-0.25, -0.2) is 0 Å². The molecule has 0 fully saturated rings. The number of benzene rings is 2. The average molecular weight is 499 g/mol. The highest BCUT2D eigenvalue weighted by molar-refractivity contribution is 14.1.